The maximum atomic E-state index is 12.8. The lowest BCUT2D eigenvalue weighted by atomic mass is 10.1. The van der Waals surface area contributed by atoms with Crippen LogP contribution in [0.15, 0.2) is 59.8 Å². The van der Waals surface area contributed by atoms with E-state index < -0.39 is 0 Å². The third kappa shape index (κ3) is 3.14. The molecule has 4 rings (SSSR count). The molecule has 0 saturated carbocycles. The van der Waals surface area contributed by atoms with Gasteiger partial charge in [0.05, 0.1) is 5.69 Å². The quantitative estimate of drug-likeness (QED) is 0.773. The molecule has 1 N–H and O–H groups in total. The van der Waals surface area contributed by atoms with E-state index in [1.54, 1.807) is 23.2 Å². The van der Waals surface area contributed by atoms with Crippen molar-refractivity contribution in [2.24, 2.45) is 0 Å². The average Bonchev–Trinajstić information content (AvgIpc) is 2.70. The molecule has 7 heteroatoms. The van der Waals surface area contributed by atoms with Crippen molar-refractivity contribution in [2.45, 2.75) is 0 Å². The van der Waals surface area contributed by atoms with Crippen LogP contribution in [0.2, 0.25) is 0 Å². The van der Waals surface area contributed by atoms with Crippen LogP contribution in [0.25, 0.3) is 16.9 Å². The Morgan fingerprint density at radius 1 is 1.00 bits per heavy atom. The van der Waals surface area contributed by atoms with Gasteiger partial charge >= 0.3 is 0 Å². The fourth-order valence-corrected chi connectivity index (χ4v) is 2.95. The zero-order valence-corrected chi connectivity index (χ0v) is 13.7. The summed E-state index contributed by atoms with van der Waals surface area (Å²) in [5.41, 5.74) is 2.46. The first-order chi connectivity index (χ1) is 12.3. The van der Waals surface area contributed by atoms with E-state index in [-0.39, 0.29) is 5.56 Å². The molecule has 0 radical (unpaired) electrons. The molecule has 1 aromatic carbocycles. The second-order valence-corrected chi connectivity index (χ2v) is 5.82. The Morgan fingerprint density at radius 3 is 2.52 bits per heavy atom. The van der Waals surface area contributed by atoms with E-state index in [1.807, 2.05) is 41.3 Å². The lowest BCUT2D eigenvalue weighted by molar-refractivity contribution is 0.581. The summed E-state index contributed by atoms with van der Waals surface area (Å²) in [5, 5.41) is 11.3. The second kappa shape index (κ2) is 6.82. The fourth-order valence-electron chi connectivity index (χ4n) is 2.95. The van der Waals surface area contributed by atoms with Crippen LogP contribution in [-0.4, -0.2) is 45.9 Å². The Hall–Kier alpha value is -3.06. The number of hydrogen-bond acceptors (Lipinski definition) is 6. The van der Waals surface area contributed by atoms with Gasteiger partial charge in [-0.2, -0.15) is 10.2 Å². The predicted octanol–water partition coefficient (Wildman–Crippen LogP) is 1.10. The van der Waals surface area contributed by atoms with Crippen LogP contribution >= 0.6 is 0 Å². The van der Waals surface area contributed by atoms with Gasteiger partial charge in [-0.25, -0.2) is 4.98 Å². The SMILES string of the molecule is O=c1c(N2CCNCC2)nccn1-c1ccc(-c2cccnn2)cc1. The van der Waals surface area contributed by atoms with Gasteiger partial charge in [-0.15, -0.1) is 0 Å². The predicted molar refractivity (Wildman–Crippen MR) is 95.9 cm³/mol. The highest BCUT2D eigenvalue weighted by atomic mass is 16.1. The second-order valence-electron chi connectivity index (χ2n) is 5.82. The molecule has 1 saturated heterocycles. The summed E-state index contributed by atoms with van der Waals surface area (Å²) >= 11 is 0. The highest BCUT2D eigenvalue weighted by molar-refractivity contribution is 5.60. The molecule has 2 aromatic heterocycles. The Kier molecular flexibility index (Phi) is 4.22. The van der Waals surface area contributed by atoms with Gasteiger partial charge < -0.3 is 10.2 Å². The molecular weight excluding hydrogens is 316 g/mol. The van der Waals surface area contributed by atoms with E-state index >= 15 is 0 Å². The van der Waals surface area contributed by atoms with Crippen molar-refractivity contribution in [3.63, 3.8) is 0 Å². The minimum absolute atomic E-state index is 0.100. The van der Waals surface area contributed by atoms with E-state index in [4.69, 9.17) is 0 Å². The van der Waals surface area contributed by atoms with Crippen LogP contribution < -0.4 is 15.8 Å². The Balaban J connectivity index is 1.67. The molecule has 126 valence electrons. The van der Waals surface area contributed by atoms with Crippen LogP contribution in [-0.2, 0) is 0 Å². The summed E-state index contributed by atoms with van der Waals surface area (Å²) in [6.07, 6.45) is 5.02. The molecular formula is C18H18N6O. The van der Waals surface area contributed by atoms with E-state index in [0.717, 1.165) is 43.1 Å². The van der Waals surface area contributed by atoms with E-state index in [2.05, 4.69) is 20.5 Å². The van der Waals surface area contributed by atoms with Gasteiger partial charge in [-0.05, 0) is 24.3 Å². The standard InChI is InChI=1S/C18H18N6O/c25-18-17(23-11-8-19-9-12-23)20-10-13-24(18)15-5-3-14(4-6-15)16-2-1-7-21-22-16/h1-7,10,13,19H,8-9,11-12H2. The van der Waals surface area contributed by atoms with Crippen LogP contribution in [0.5, 0.6) is 0 Å². The minimum Gasteiger partial charge on any atom is -0.349 e. The van der Waals surface area contributed by atoms with Crippen molar-refractivity contribution < 1.29 is 0 Å². The van der Waals surface area contributed by atoms with Gasteiger partial charge in [-0.3, -0.25) is 9.36 Å². The van der Waals surface area contributed by atoms with E-state index in [1.165, 1.54) is 0 Å². The zero-order valence-electron chi connectivity index (χ0n) is 13.7. The number of nitrogens with zero attached hydrogens (tertiary/aromatic N) is 5. The topological polar surface area (TPSA) is 75.9 Å². The van der Waals surface area contributed by atoms with Crippen molar-refractivity contribution in [3.8, 4) is 16.9 Å². The molecule has 1 fully saturated rings. The van der Waals surface area contributed by atoms with Crippen LogP contribution in [0, 0.1) is 0 Å². The van der Waals surface area contributed by atoms with Crippen LogP contribution in [0.3, 0.4) is 0 Å². The number of piperazine rings is 1. The van der Waals surface area contributed by atoms with Crippen molar-refractivity contribution in [1.29, 1.82) is 0 Å². The first-order valence-electron chi connectivity index (χ1n) is 8.25. The van der Waals surface area contributed by atoms with Gasteiger partial charge in [-0.1, -0.05) is 12.1 Å². The van der Waals surface area contributed by atoms with E-state index in [0.29, 0.717) is 5.82 Å². The smallest absolute Gasteiger partial charge is 0.298 e. The molecule has 7 nitrogen and oxygen atoms in total. The maximum Gasteiger partial charge on any atom is 0.298 e. The number of anilines is 1. The number of aromatic nitrogens is 4. The van der Waals surface area contributed by atoms with E-state index in [9.17, 15) is 4.79 Å². The highest BCUT2D eigenvalue weighted by Crippen LogP contribution is 2.18. The fraction of sp³-hybridized carbons (Fsp3) is 0.222. The normalized spacial score (nSPS) is 14.5. The summed E-state index contributed by atoms with van der Waals surface area (Å²) in [6, 6.07) is 11.5. The van der Waals surface area contributed by atoms with Crippen molar-refractivity contribution >= 4 is 5.82 Å². The Morgan fingerprint density at radius 2 is 1.80 bits per heavy atom. The molecule has 0 atom stereocenters. The molecule has 3 heterocycles. The third-order valence-electron chi connectivity index (χ3n) is 4.25. The van der Waals surface area contributed by atoms with Gasteiger partial charge in [0.25, 0.3) is 5.56 Å². The first kappa shape index (κ1) is 15.5. The average molecular weight is 334 g/mol. The van der Waals surface area contributed by atoms with Gasteiger partial charge in [0.2, 0.25) is 0 Å². The van der Waals surface area contributed by atoms with Crippen molar-refractivity contribution in [2.75, 3.05) is 31.1 Å². The molecule has 1 aliphatic rings. The van der Waals surface area contributed by atoms with Crippen LogP contribution in [0.4, 0.5) is 5.82 Å². The van der Waals surface area contributed by atoms with Gasteiger partial charge in [0.15, 0.2) is 5.82 Å². The summed E-state index contributed by atoms with van der Waals surface area (Å²) in [6.45, 7) is 3.31. The summed E-state index contributed by atoms with van der Waals surface area (Å²) in [7, 11) is 0. The van der Waals surface area contributed by atoms with Crippen LogP contribution in [0.1, 0.15) is 0 Å². The lowest BCUT2D eigenvalue weighted by Crippen LogP contribution is -2.46. The molecule has 0 amide bonds. The zero-order chi connectivity index (χ0) is 17.1. The molecule has 0 bridgehead atoms. The number of hydrogen-bond donors (Lipinski definition) is 1. The number of benzene rings is 1. The highest BCUT2D eigenvalue weighted by Gasteiger charge is 2.16. The molecule has 1 aliphatic heterocycles. The number of nitrogens with one attached hydrogen (secondary N) is 1. The molecule has 0 aliphatic carbocycles. The van der Waals surface area contributed by atoms with Gasteiger partial charge in [0.1, 0.15) is 0 Å². The summed E-state index contributed by atoms with van der Waals surface area (Å²) < 4.78 is 1.63. The Bertz CT molecular complexity index is 901. The molecule has 25 heavy (non-hydrogen) atoms. The largest absolute Gasteiger partial charge is 0.349 e. The first-order valence-corrected chi connectivity index (χ1v) is 8.25. The van der Waals surface area contributed by atoms with Crippen molar-refractivity contribution in [3.05, 3.63) is 65.3 Å². The van der Waals surface area contributed by atoms with Gasteiger partial charge in [0, 0.05) is 56.0 Å². The monoisotopic (exact) mass is 334 g/mol. The minimum atomic E-state index is -0.100. The van der Waals surface area contributed by atoms with Crippen molar-refractivity contribution in [1.82, 2.24) is 25.1 Å². The lowest BCUT2D eigenvalue weighted by Gasteiger charge is -2.27. The molecule has 0 unspecified atom stereocenters. The summed E-state index contributed by atoms with van der Waals surface area (Å²) in [4.78, 5) is 19.2. The number of rotatable bonds is 3. The Labute approximate surface area is 145 Å². The summed E-state index contributed by atoms with van der Waals surface area (Å²) in [5.74, 6) is 0.502. The third-order valence-corrected chi connectivity index (χ3v) is 4.25. The molecule has 0 spiro atoms. The maximum absolute atomic E-state index is 12.8. The molecule has 3 aromatic rings.